The molecule has 2 N–H and O–H groups in total. The first kappa shape index (κ1) is 11.3. The summed E-state index contributed by atoms with van der Waals surface area (Å²) in [5.74, 6) is -0.281. The van der Waals surface area contributed by atoms with Gasteiger partial charge in [0.1, 0.15) is 16.6 Å². The van der Waals surface area contributed by atoms with E-state index in [1.807, 2.05) is 0 Å². The molecule has 0 atom stereocenters. The third kappa shape index (κ3) is 2.92. The molecular weight excluding hydrogens is 242 g/mol. The molecule has 0 aliphatic carbocycles. The van der Waals surface area contributed by atoms with Gasteiger partial charge in [0.05, 0.1) is 12.4 Å². The topological polar surface area (TPSA) is 75.1 Å². The molecule has 0 unspecified atom stereocenters. The number of aromatic hydroxyl groups is 1. The highest BCUT2D eigenvalue weighted by molar-refractivity contribution is 6.29. The van der Waals surface area contributed by atoms with Crippen molar-refractivity contribution in [2.75, 3.05) is 5.32 Å². The smallest absolute Gasteiger partial charge is 0.275 e. The molecule has 0 bridgehead atoms. The van der Waals surface area contributed by atoms with Gasteiger partial charge in [0.2, 0.25) is 0 Å². The third-order valence-electron chi connectivity index (χ3n) is 1.96. The fourth-order valence-corrected chi connectivity index (χ4v) is 1.34. The van der Waals surface area contributed by atoms with Crippen LogP contribution in [0.15, 0.2) is 36.7 Å². The van der Waals surface area contributed by atoms with Crippen molar-refractivity contribution in [3.05, 3.63) is 47.5 Å². The van der Waals surface area contributed by atoms with Crippen LogP contribution in [0.2, 0.25) is 5.15 Å². The second-order valence-corrected chi connectivity index (χ2v) is 3.62. The number of amides is 1. The Balaban J connectivity index is 2.14. The van der Waals surface area contributed by atoms with Crippen LogP contribution in [-0.4, -0.2) is 21.0 Å². The van der Waals surface area contributed by atoms with E-state index in [0.29, 0.717) is 5.69 Å². The van der Waals surface area contributed by atoms with Gasteiger partial charge in [0.25, 0.3) is 5.91 Å². The highest BCUT2D eigenvalue weighted by Gasteiger charge is 2.08. The summed E-state index contributed by atoms with van der Waals surface area (Å²) < 4.78 is 0. The lowest BCUT2D eigenvalue weighted by atomic mass is 10.3. The molecule has 0 spiro atoms. The molecule has 0 fully saturated rings. The largest absolute Gasteiger partial charge is 0.508 e. The maximum Gasteiger partial charge on any atom is 0.275 e. The van der Waals surface area contributed by atoms with Crippen LogP contribution in [0.1, 0.15) is 10.5 Å². The quantitative estimate of drug-likeness (QED) is 0.799. The van der Waals surface area contributed by atoms with Crippen LogP contribution in [0.25, 0.3) is 0 Å². The molecule has 0 aliphatic rings. The molecule has 0 saturated heterocycles. The minimum absolute atomic E-state index is 0.130. The second kappa shape index (κ2) is 4.80. The lowest BCUT2D eigenvalue weighted by Gasteiger charge is -2.04. The van der Waals surface area contributed by atoms with E-state index in [9.17, 15) is 4.79 Å². The number of phenols is 1. The normalized spacial score (nSPS) is 9.94. The summed E-state index contributed by atoms with van der Waals surface area (Å²) in [7, 11) is 0. The molecule has 1 amide bonds. The molecule has 2 aromatic rings. The van der Waals surface area contributed by atoms with E-state index in [2.05, 4.69) is 15.3 Å². The summed E-state index contributed by atoms with van der Waals surface area (Å²) in [5, 5.41) is 11.8. The zero-order chi connectivity index (χ0) is 12.3. The van der Waals surface area contributed by atoms with Crippen LogP contribution in [0.5, 0.6) is 5.75 Å². The third-order valence-corrected chi connectivity index (χ3v) is 2.15. The first-order valence-electron chi connectivity index (χ1n) is 4.73. The highest BCUT2D eigenvalue weighted by Crippen LogP contribution is 2.14. The van der Waals surface area contributed by atoms with Gasteiger partial charge in [0.15, 0.2) is 0 Å². The van der Waals surface area contributed by atoms with Crippen LogP contribution < -0.4 is 5.32 Å². The number of carbonyl (C=O) groups excluding carboxylic acids is 1. The highest BCUT2D eigenvalue weighted by atomic mass is 35.5. The first-order chi connectivity index (χ1) is 8.15. The van der Waals surface area contributed by atoms with E-state index in [1.165, 1.54) is 24.5 Å². The van der Waals surface area contributed by atoms with Crippen molar-refractivity contribution < 1.29 is 9.90 Å². The van der Waals surface area contributed by atoms with E-state index in [4.69, 9.17) is 16.7 Å². The van der Waals surface area contributed by atoms with Crippen molar-refractivity contribution in [1.29, 1.82) is 0 Å². The molecule has 1 heterocycles. The Hall–Kier alpha value is -2.14. The predicted molar refractivity (Wildman–Crippen MR) is 63.1 cm³/mol. The molecule has 0 saturated carbocycles. The number of rotatable bonds is 2. The second-order valence-electron chi connectivity index (χ2n) is 3.23. The summed E-state index contributed by atoms with van der Waals surface area (Å²) in [6.07, 6.45) is 2.67. The van der Waals surface area contributed by atoms with Crippen molar-refractivity contribution >= 4 is 23.2 Å². The van der Waals surface area contributed by atoms with Crippen molar-refractivity contribution in [2.45, 2.75) is 0 Å². The monoisotopic (exact) mass is 249 g/mol. The summed E-state index contributed by atoms with van der Waals surface area (Å²) in [6.45, 7) is 0. The SMILES string of the molecule is O=C(Nc1ccc(O)cc1)c1cncc(Cl)n1. The molecular formula is C11H8ClN3O2. The lowest BCUT2D eigenvalue weighted by molar-refractivity contribution is 0.102. The molecule has 1 aromatic heterocycles. The number of benzene rings is 1. The van der Waals surface area contributed by atoms with Crippen LogP contribution in [0, 0.1) is 0 Å². The van der Waals surface area contributed by atoms with Crippen LogP contribution >= 0.6 is 11.6 Å². The number of phenolic OH excluding ortho intramolecular Hbond substituents is 1. The van der Waals surface area contributed by atoms with Gasteiger partial charge < -0.3 is 10.4 Å². The van der Waals surface area contributed by atoms with Crippen molar-refractivity contribution in [3.63, 3.8) is 0 Å². The molecule has 1 aromatic carbocycles. The number of halogens is 1. The minimum atomic E-state index is -0.411. The van der Waals surface area contributed by atoms with Gasteiger partial charge in [-0.05, 0) is 24.3 Å². The van der Waals surface area contributed by atoms with Gasteiger partial charge in [-0.25, -0.2) is 4.98 Å². The number of nitrogens with one attached hydrogen (secondary N) is 1. The number of nitrogens with zero attached hydrogens (tertiary/aromatic N) is 2. The molecule has 17 heavy (non-hydrogen) atoms. The Labute approximate surface area is 102 Å². The van der Waals surface area contributed by atoms with Gasteiger partial charge in [-0.15, -0.1) is 0 Å². The molecule has 5 nitrogen and oxygen atoms in total. The molecule has 6 heteroatoms. The zero-order valence-corrected chi connectivity index (χ0v) is 9.35. The van der Waals surface area contributed by atoms with Crippen molar-refractivity contribution in [2.24, 2.45) is 0 Å². The summed E-state index contributed by atoms with van der Waals surface area (Å²) in [5.41, 5.74) is 0.681. The maximum atomic E-state index is 11.7. The minimum Gasteiger partial charge on any atom is -0.508 e. The number of hydrogen-bond acceptors (Lipinski definition) is 4. The number of aromatic nitrogens is 2. The van der Waals surface area contributed by atoms with E-state index in [1.54, 1.807) is 12.1 Å². The fraction of sp³-hybridized carbons (Fsp3) is 0. The van der Waals surface area contributed by atoms with Crippen LogP contribution in [0.4, 0.5) is 5.69 Å². The lowest BCUT2D eigenvalue weighted by Crippen LogP contribution is -2.13. The molecule has 86 valence electrons. The molecule has 2 rings (SSSR count). The van der Waals surface area contributed by atoms with Gasteiger partial charge >= 0.3 is 0 Å². The van der Waals surface area contributed by atoms with E-state index >= 15 is 0 Å². The first-order valence-corrected chi connectivity index (χ1v) is 5.11. The predicted octanol–water partition coefficient (Wildman–Crippen LogP) is 2.09. The van der Waals surface area contributed by atoms with Crippen molar-refractivity contribution in [3.8, 4) is 5.75 Å². The van der Waals surface area contributed by atoms with E-state index in [0.717, 1.165) is 0 Å². The Morgan fingerprint density at radius 3 is 2.59 bits per heavy atom. The van der Waals surface area contributed by atoms with Gasteiger partial charge in [0, 0.05) is 5.69 Å². The number of hydrogen-bond donors (Lipinski definition) is 2. The average Bonchev–Trinajstić information content (AvgIpc) is 2.32. The zero-order valence-electron chi connectivity index (χ0n) is 8.59. The number of anilines is 1. The van der Waals surface area contributed by atoms with E-state index in [-0.39, 0.29) is 16.6 Å². The average molecular weight is 250 g/mol. The summed E-state index contributed by atoms with van der Waals surface area (Å²) in [4.78, 5) is 19.3. The number of carbonyl (C=O) groups is 1. The van der Waals surface area contributed by atoms with E-state index < -0.39 is 5.91 Å². The molecule has 0 radical (unpaired) electrons. The Morgan fingerprint density at radius 1 is 1.24 bits per heavy atom. The Morgan fingerprint density at radius 2 is 1.94 bits per heavy atom. The molecule has 0 aliphatic heterocycles. The van der Waals surface area contributed by atoms with Gasteiger partial charge in [-0.2, -0.15) is 0 Å². The fourth-order valence-electron chi connectivity index (χ4n) is 1.19. The standard InChI is InChI=1S/C11H8ClN3O2/c12-10-6-13-5-9(15-10)11(17)14-7-1-3-8(16)4-2-7/h1-6,16H,(H,14,17). The summed E-state index contributed by atoms with van der Waals surface area (Å²) in [6, 6.07) is 6.09. The van der Waals surface area contributed by atoms with Gasteiger partial charge in [-0.1, -0.05) is 11.6 Å². The van der Waals surface area contributed by atoms with Crippen LogP contribution in [-0.2, 0) is 0 Å². The van der Waals surface area contributed by atoms with Gasteiger partial charge in [-0.3, -0.25) is 9.78 Å². The summed E-state index contributed by atoms with van der Waals surface area (Å²) >= 11 is 5.63. The maximum absolute atomic E-state index is 11.7. The van der Waals surface area contributed by atoms with Crippen molar-refractivity contribution in [1.82, 2.24) is 9.97 Å². The Bertz CT molecular complexity index is 543. The van der Waals surface area contributed by atoms with Crippen LogP contribution in [0.3, 0.4) is 0 Å². The Kier molecular flexibility index (Phi) is 3.20.